The molecular formula is C19H37NO. The Labute approximate surface area is 132 Å². The van der Waals surface area contributed by atoms with Gasteiger partial charge in [-0.15, -0.1) is 0 Å². The lowest BCUT2D eigenvalue weighted by Crippen LogP contribution is -2.46. The molecule has 124 valence electrons. The average molecular weight is 296 g/mol. The molecule has 0 heterocycles. The Morgan fingerprint density at radius 2 is 1.86 bits per heavy atom. The molecule has 0 saturated heterocycles. The van der Waals surface area contributed by atoms with Crippen molar-refractivity contribution in [2.24, 2.45) is 11.8 Å². The van der Waals surface area contributed by atoms with Crippen molar-refractivity contribution in [1.29, 1.82) is 0 Å². The van der Waals surface area contributed by atoms with Crippen LogP contribution >= 0.6 is 0 Å². The first-order chi connectivity index (χ1) is 10.1. The quantitative estimate of drug-likeness (QED) is 0.578. The van der Waals surface area contributed by atoms with Crippen LogP contribution in [0.15, 0.2) is 0 Å². The summed E-state index contributed by atoms with van der Waals surface area (Å²) in [5, 5.41) is 3.74. The summed E-state index contributed by atoms with van der Waals surface area (Å²) < 4.78 is 6.46. The van der Waals surface area contributed by atoms with E-state index in [4.69, 9.17) is 4.74 Å². The fourth-order valence-electron chi connectivity index (χ4n) is 3.67. The summed E-state index contributed by atoms with van der Waals surface area (Å²) in [4.78, 5) is 0. The van der Waals surface area contributed by atoms with Crippen molar-refractivity contribution in [2.75, 3.05) is 13.2 Å². The maximum absolute atomic E-state index is 6.46. The van der Waals surface area contributed by atoms with Crippen LogP contribution in [0.2, 0.25) is 0 Å². The Bertz CT molecular complexity index is 277. The third-order valence-electron chi connectivity index (χ3n) is 5.34. The highest BCUT2D eigenvalue weighted by atomic mass is 16.5. The molecule has 0 atom stereocenters. The third kappa shape index (κ3) is 6.28. The molecule has 0 aromatic rings. The fourth-order valence-corrected chi connectivity index (χ4v) is 3.67. The molecule has 1 N–H and O–H groups in total. The van der Waals surface area contributed by atoms with Gasteiger partial charge in [0, 0.05) is 19.2 Å². The second-order valence-corrected chi connectivity index (χ2v) is 7.95. The van der Waals surface area contributed by atoms with Crippen LogP contribution in [0.5, 0.6) is 0 Å². The Hall–Kier alpha value is -0.0800. The second-order valence-electron chi connectivity index (χ2n) is 7.95. The van der Waals surface area contributed by atoms with Crippen LogP contribution in [-0.2, 0) is 4.74 Å². The molecule has 0 aromatic heterocycles. The van der Waals surface area contributed by atoms with Crippen molar-refractivity contribution >= 4 is 0 Å². The lowest BCUT2D eigenvalue weighted by atomic mass is 9.77. The molecule has 2 heteroatoms. The van der Waals surface area contributed by atoms with Gasteiger partial charge in [0.05, 0.1) is 5.60 Å². The number of rotatable bonds is 10. The van der Waals surface area contributed by atoms with Crippen LogP contribution in [0.3, 0.4) is 0 Å². The first-order valence-corrected chi connectivity index (χ1v) is 9.51. The van der Waals surface area contributed by atoms with Crippen molar-refractivity contribution in [3.8, 4) is 0 Å². The molecule has 0 aromatic carbocycles. The predicted octanol–water partition coefficient (Wildman–Crippen LogP) is 4.92. The van der Waals surface area contributed by atoms with E-state index < -0.39 is 0 Å². The summed E-state index contributed by atoms with van der Waals surface area (Å²) in [6.07, 6.45) is 13.3. The van der Waals surface area contributed by atoms with Crippen LogP contribution in [0.1, 0.15) is 85.0 Å². The molecule has 2 aliphatic rings. The van der Waals surface area contributed by atoms with Gasteiger partial charge in [-0.1, -0.05) is 33.6 Å². The van der Waals surface area contributed by atoms with Gasteiger partial charge in [-0.2, -0.15) is 0 Å². The zero-order valence-electron chi connectivity index (χ0n) is 14.6. The monoisotopic (exact) mass is 295 g/mol. The summed E-state index contributed by atoms with van der Waals surface area (Å²) in [6, 6.07) is 0.800. The molecule has 0 bridgehead atoms. The highest BCUT2D eigenvalue weighted by Crippen LogP contribution is 2.37. The van der Waals surface area contributed by atoms with Crippen LogP contribution < -0.4 is 5.32 Å². The number of hydrogen-bond acceptors (Lipinski definition) is 2. The van der Waals surface area contributed by atoms with Crippen LogP contribution in [0, 0.1) is 11.8 Å². The summed E-state index contributed by atoms with van der Waals surface area (Å²) in [5.74, 6) is 1.76. The predicted molar refractivity (Wildman–Crippen MR) is 90.6 cm³/mol. The SMILES string of the molecule is CCCC1CCC(CNC2CC2)(OCCCC(C)C)CC1. The van der Waals surface area contributed by atoms with Gasteiger partial charge in [0.25, 0.3) is 0 Å². The Kier molecular flexibility index (Phi) is 7.01. The molecule has 0 amide bonds. The van der Waals surface area contributed by atoms with E-state index in [1.807, 2.05) is 0 Å². The van der Waals surface area contributed by atoms with Crippen molar-refractivity contribution in [3.05, 3.63) is 0 Å². The van der Waals surface area contributed by atoms with Crippen molar-refractivity contribution < 1.29 is 4.74 Å². The molecule has 2 nitrogen and oxygen atoms in total. The molecule has 0 aliphatic heterocycles. The van der Waals surface area contributed by atoms with Crippen LogP contribution in [0.4, 0.5) is 0 Å². The number of ether oxygens (including phenoxy) is 1. The fraction of sp³-hybridized carbons (Fsp3) is 1.00. The molecule has 0 spiro atoms. The molecule has 0 radical (unpaired) electrons. The van der Waals surface area contributed by atoms with Gasteiger partial charge < -0.3 is 10.1 Å². The highest BCUT2D eigenvalue weighted by Gasteiger charge is 2.37. The highest BCUT2D eigenvalue weighted by molar-refractivity contribution is 4.92. The summed E-state index contributed by atoms with van der Waals surface area (Å²) in [5.41, 5.74) is 0.157. The van der Waals surface area contributed by atoms with E-state index in [2.05, 4.69) is 26.1 Å². The van der Waals surface area contributed by atoms with Crippen molar-refractivity contribution in [3.63, 3.8) is 0 Å². The van der Waals surface area contributed by atoms with E-state index in [-0.39, 0.29) is 5.60 Å². The van der Waals surface area contributed by atoms with Crippen molar-refractivity contribution in [1.82, 2.24) is 5.32 Å². The number of hydrogen-bond donors (Lipinski definition) is 1. The van der Waals surface area contributed by atoms with E-state index in [1.54, 1.807) is 0 Å². The lowest BCUT2D eigenvalue weighted by molar-refractivity contribution is -0.0787. The summed E-state index contributed by atoms with van der Waals surface area (Å²) in [7, 11) is 0. The van der Waals surface area contributed by atoms with Gasteiger partial charge in [0.2, 0.25) is 0 Å². The van der Waals surface area contributed by atoms with E-state index in [9.17, 15) is 0 Å². The van der Waals surface area contributed by atoms with E-state index >= 15 is 0 Å². The third-order valence-corrected chi connectivity index (χ3v) is 5.34. The topological polar surface area (TPSA) is 21.3 Å². The molecular weight excluding hydrogens is 258 g/mol. The van der Waals surface area contributed by atoms with Gasteiger partial charge in [-0.05, 0) is 63.2 Å². The minimum Gasteiger partial charge on any atom is -0.374 e. The van der Waals surface area contributed by atoms with Crippen molar-refractivity contribution in [2.45, 2.75) is 96.6 Å². The molecule has 2 aliphatic carbocycles. The number of nitrogens with one attached hydrogen (secondary N) is 1. The largest absolute Gasteiger partial charge is 0.374 e. The van der Waals surface area contributed by atoms with Gasteiger partial charge in [0.1, 0.15) is 0 Å². The Morgan fingerprint density at radius 3 is 2.43 bits per heavy atom. The minimum atomic E-state index is 0.157. The van der Waals surface area contributed by atoms with Gasteiger partial charge in [-0.25, -0.2) is 0 Å². The zero-order valence-corrected chi connectivity index (χ0v) is 14.6. The van der Waals surface area contributed by atoms with E-state index in [0.29, 0.717) is 0 Å². The molecule has 0 unspecified atom stereocenters. The second kappa shape index (κ2) is 8.53. The zero-order chi connectivity index (χ0) is 15.1. The van der Waals surface area contributed by atoms with Gasteiger partial charge in [0.15, 0.2) is 0 Å². The smallest absolute Gasteiger partial charge is 0.0806 e. The van der Waals surface area contributed by atoms with Gasteiger partial charge in [-0.3, -0.25) is 0 Å². The maximum atomic E-state index is 6.46. The minimum absolute atomic E-state index is 0.157. The summed E-state index contributed by atoms with van der Waals surface area (Å²) >= 11 is 0. The van der Waals surface area contributed by atoms with Crippen LogP contribution in [0.25, 0.3) is 0 Å². The lowest BCUT2D eigenvalue weighted by Gasteiger charge is -2.40. The molecule has 2 saturated carbocycles. The molecule has 21 heavy (non-hydrogen) atoms. The van der Waals surface area contributed by atoms with Crippen LogP contribution in [-0.4, -0.2) is 24.8 Å². The Balaban J connectivity index is 1.76. The molecule has 2 fully saturated rings. The van der Waals surface area contributed by atoms with E-state index in [1.165, 1.54) is 64.2 Å². The van der Waals surface area contributed by atoms with E-state index in [0.717, 1.165) is 31.0 Å². The first-order valence-electron chi connectivity index (χ1n) is 9.51. The van der Waals surface area contributed by atoms with Gasteiger partial charge >= 0.3 is 0 Å². The normalized spacial score (nSPS) is 30.0. The maximum Gasteiger partial charge on any atom is 0.0806 e. The Morgan fingerprint density at radius 1 is 1.14 bits per heavy atom. The standard InChI is InChI=1S/C19H37NO/c1-4-6-17-10-12-19(13-11-17,15-20-18-8-9-18)21-14-5-7-16(2)3/h16-18,20H,4-15H2,1-3H3. The first kappa shape index (κ1) is 17.3. The average Bonchev–Trinajstić information content (AvgIpc) is 3.28. The molecule has 2 rings (SSSR count). The summed E-state index contributed by atoms with van der Waals surface area (Å²) in [6.45, 7) is 8.99.